The van der Waals surface area contributed by atoms with E-state index >= 15 is 0 Å². The first-order chi connectivity index (χ1) is 11.3. The molecule has 0 radical (unpaired) electrons. The highest BCUT2D eigenvalue weighted by atomic mass is 16.1. The van der Waals surface area contributed by atoms with Gasteiger partial charge in [-0.2, -0.15) is 0 Å². The summed E-state index contributed by atoms with van der Waals surface area (Å²) >= 11 is 0. The molecule has 0 aromatic heterocycles. The normalized spacial score (nSPS) is 26.0. The Morgan fingerprint density at radius 2 is 1.61 bits per heavy atom. The lowest BCUT2D eigenvalue weighted by atomic mass is 9.84. The minimum Gasteiger partial charge on any atom is -0.348 e. The largest absolute Gasteiger partial charge is 0.348 e. The van der Waals surface area contributed by atoms with Crippen molar-refractivity contribution in [2.24, 2.45) is 5.92 Å². The van der Waals surface area contributed by atoms with Gasteiger partial charge in [-0.05, 0) is 55.1 Å². The molecule has 3 saturated heterocycles. The zero-order chi connectivity index (χ0) is 15.6. The molecule has 1 N–H and O–H groups in total. The molecule has 3 aliphatic rings. The van der Waals surface area contributed by atoms with Gasteiger partial charge in [-0.3, -0.25) is 4.79 Å². The predicted octanol–water partition coefficient (Wildman–Crippen LogP) is 3.42. The molecule has 3 heterocycles. The van der Waals surface area contributed by atoms with E-state index in [-0.39, 0.29) is 7.33 Å². The zero-order valence-corrected chi connectivity index (χ0v) is 13.2. The summed E-state index contributed by atoms with van der Waals surface area (Å²) in [6.07, 6.45) is 2.44. The Morgan fingerprint density at radius 3 is 2.22 bits per heavy atom. The zero-order valence-electron chi connectivity index (χ0n) is 13.2. The molecule has 5 rings (SSSR count). The highest BCUT2D eigenvalue weighted by molar-refractivity contribution is 5.94. The number of nitrogens with one attached hydrogen (secondary N) is 1. The molecule has 3 nitrogen and oxygen atoms in total. The molecule has 0 saturated carbocycles. The quantitative estimate of drug-likeness (QED) is 0.942. The van der Waals surface area contributed by atoms with Gasteiger partial charge in [0.15, 0.2) is 0 Å². The lowest BCUT2D eigenvalue weighted by Gasteiger charge is -2.44. The molecule has 1 atom stereocenters. The third kappa shape index (κ3) is 3.02. The number of carbonyl (C=O) groups is 1. The Bertz CT molecular complexity index is 679. The Balaban J connectivity index is 0.00000169. The number of hydrogen-bond acceptors (Lipinski definition) is 2. The second-order valence-electron chi connectivity index (χ2n) is 6.66. The molecule has 0 aliphatic carbocycles. The second-order valence-corrected chi connectivity index (χ2v) is 6.66. The van der Waals surface area contributed by atoms with Crippen molar-refractivity contribution in [3.05, 3.63) is 60.2 Å². The molecule has 0 spiro atoms. The Morgan fingerprint density at radius 1 is 0.957 bits per heavy atom. The average Bonchev–Trinajstić information content (AvgIpc) is 2.63. The average molecular weight is 308 g/mol. The molecule has 23 heavy (non-hydrogen) atoms. The van der Waals surface area contributed by atoms with Crippen LogP contribution in [0.3, 0.4) is 0 Å². The van der Waals surface area contributed by atoms with Crippen LogP contribution in [-0.4, -0.2) is 36.5 Å². The van der Waals surface area contributed by atoms with Gasteiger partial charge < -0.3 is 10.2 Å². The van der Waals surface area contributed by atoms with Crippen molar-refractivity contribution in [2.45, 2.75) is 18.9 Å². The molecule has 2 bridgehead atoms. The topological polar surface area (TPSA) is 32.3 Å². The summed E-state index contributed by atoms with van der Waals surface area (Å²) in [6.45, 7) is 3.41. The van der Waals surface area contributed by atoms with E-state index in [1.165, 1.54) is 31.5 Å². The monoisotopic (exact) mass is 308 g/mol. The standard InChI is InChI=1S/C20H22N2O.H2/c23-20(21-19-14-22-12-10-17(19)11-13-22)18-8-6-16(7-9-18)15-4-2-1-3-5-15;/h1-9,17,19H,10-14H2,(H,21,23);1H. The summed E-state index contributed by atoms with van der Waals surface area (Å²) in [7, 11) is 0. The summed E-state index contributed by atoms with van der Waals surface area (Å²) in [5.41, 5.74) is 3.07. The van der Waals surface area contributed by atoms with Crippen LogP contribution in [0.2, 0.25) is 0 Å². The lowest BCUT2D eigenvalue weighted by molar-refractivity contribution is 0.0620. The maximum absolute atomic E-state index is 12.5. The van der Waals surface area contributed by atoms with Crippen molar-refractivity contribution >= 4 is 5.91 Å². The number of fused-ring (bicyclic) bond motifs is 3. The summed E-state index contributed by atoms with van der Waals surface area (Å²) < 4.78 is 0. The third-order valence-corrected chi connectivity index (χ3v) is 5.23. The molecule has 1 unspecified atom stereocenters. The molecule has 2 aromatic carbocycles. The number of benzene rings is 2. The van der Waals surface area contributed by atoms with Crippen molar-refractivity contribution in [1.82, 2.24) is 10.2 Å². The van der Waals surface area contributed by atoms with Crippen LogP contribution >= 0.6 is 0 Å². The van der Waals surface area contributed by atoms with E-state index in [1.807, 2.05) is 42.5 Å². The first-order valence-corrected chi connectivity index (χ1v) is 8.48. The minimum atomic E-state index is 0. The highest BCUT2D eigenvalue weighted by Gasteiger charge is 2.34. The summed E-state index contributed by atoms with van der Waals surface area (Å²) in [5.74, 6) is 0.718. The van der Waals surface area contributed by atoms with Gasteiger partial charge in [-0.1, -0.05) is 42.5 Å². The number of hydrogen-bond donors (Lipinski definition) is 1. The molecule has 120 valence electrons. The number of amides is 1. The number of rotatable bonds is 3. The van der Waals surface area contributed by atoms with Gasteiger partial charge >= 0.3 is 0 Å². The van der Waals surface area contributed by atoms with Crippen LogP contribution in [0, 0.1) is 5.92 Å². The van der Waals surface area contributed by atoms with Crippen molar-refractivity contribution in [2.75, 3.05) is 19.6 Å². The van der Waals surface area contributed by atoms with Crippen LogP contribution in [-0.2, 0) is 0 Å². The molecule has 3 heteroatoms. The van der Waals surface area contributed by atoms with Crippen LogP contribution in [0.4, 0.5) is 0 Å². The van der Waals surface area contributed by atoms with Gasteiger partial charge in [0.2, 0.25) is 0 Å². The van der Waals surface area contributed by atoms with E-state index in [2.05, 4.69) is 22.3 Å². The summed E-state index contributed by atoms with van der Waals surface area (Å²) in [4.78, 5) is 15.0. The van der Waals surface area contributed by atoms with E-state index in [0.717, 1.165) is 17.7 Å². The molecule has 3 fully saturated rings. The first-order valence-electron chi connectivity index (χ1n) is 8.48. The fourth-order valence-corrected chi connectivity index (χ4v) is 3.82. The van der Waals surface area contributed by atoms with Crippen molar-refractivity contribution in [3.8, 4) is 11.1 Å². The van der Waals surface area contributed by atoms with Crippen LogP contribution in [0.25, 0.3) is 11.1 Å². The highest BCUT2D eigenvalue weighted by Crippen LogP contribution is 2.27. The Labute approximate surface area is 138 Å². The van der Waals surface area contributed by atoms with Crippen molar-refractivity contribution < 1.29 is 6.22 Å². The fourth-order valence-electron chi connectivity index (χ4n) is 3.82. The molecule has 2 aromatic rings. The maximum atomic E-state index is 12.5. The smallest absolute Gasteiger partial charge is 0.251 e. The van der Waals surface area contributed by atoms with E-state index < -0.39 is 0 Å². The van der Waals surface area contributed by atoms with Gasteiger partial charge in [0.05, 0.1) is 0 Å². The van der Waals surface area contributed by atoms with E-state index in [4.69, 9.17) is 0 Å². The van der Waals surface area contributed by atoms with Gasteiger partial charge in [0, 0.05) is 19.6 Å². The van der Waals surface area contributed by atoms with E-state index in [9.17, 15) is 4.79 Å². The van der Waals surface area contributed by atoms with E-state index in [1.54, 1.807) is 0 Å². The van der Waals surface area contributed by atoms with Crippen LogP contribution in [0.5, 0.6) is 0 Å². The number of carbonyl (C=O) groups excluding carboxylic acids is 1. The predicted molar refractivity (Wildman–Crippen MR) is 94.4 cm³/mol. The molecule has 3 aliphatic heterocycles. The van der Waals surface area contributed by atoms with Crippen molar-refractivity contribution in [3.63, 3.8) is 0 Å². The van der Waals surface area contributed by atoms with Crippen LogP contribution in [0.15, 0.2) is 54.6 Å². The maximum Gasteiger partial charge on any atom is 0.251 e. The minimum absolute atomic E-state index is 0. The van der Waals surface area contributed by atoms with Crippen LogP contribution < -0.4 is 5.32 Å². The molecule has 1 amide bonds. The Hall–Kier alpha value is -2.13. The molecular formula is C20H24N2O. The first kappa shape index (κ1) is 14.5. The van der Waals surface area contributed by atoms with Gasteiger partial charge in [0.1, 0.15) is 0 Å². The lowest BCUT2D eigenvalue weighted by Crippen LogP contribution is -2.57. The number of piperidine rings is 3. The van der Waals surface area contributed by atoms with Crippen LogP contribution in [0.1, 0.15) is 24.6 Å². The van der Waals surface area contributed by atoms with Gasteiger partial charge in [-0.15, -0.1) is 0 Å². The Kier molecular flexibility index (Phi) is 3.88. The SMILES string of the molecule is O=C(NC1CN2CCC1CC2)c1ccc(-c2ccccc2)cc1.[HH]. The van der Waals surface area contributed by atoms with E-state index in [0.29, 0.717) is 12.0 Å². The van der Waals surface area contributed by atoms with Crippen molar-refractivity contribution in [1.29, 1.82) is 0 Å². The summed E-state index contributed by atoms with van der Waals surface area (Å²) in [5, 5.41) is 3.25. The second kappa shape index (κ2) is 6.17. The van der Waals surface area contributed by atoms with Gasteiger partial charge in [0.25, 0.3) is 5.91 Å². The van der Waals surface area contributed by atoms with Gasteiger partial charge in [-0.25, -0.2) is 0 Å². The molecular weight excluding hydrogens is 284 g/mol. The summed E-state index contributed by atoms with van der Waals surface area (Å²) in [6, 6.07) is 18.5. The third-order valence-electron chi connectivity index (χ3n) is 5.23. The fraction of sp³-hybridized carbons (Fsp3) is 0.350. The number of nitrogens with zero attached hydrogens (tertiary/aromatic N) is 1.